The monoisotopic (exact) mass is 770 g/mol. The summed E-state index contributed by atoms with van der Waals surface area (Å²) in [4.78, 5) is 70.3. The summed E-state index contributed by atoms with van der Waals surface area (Å²) in [5.74, 6) is -0.921. The molecule has 4 aromatic rings. The molecule has 52 heavy (non-hydrogen) atoms. The molecule has 1 unspecified atom stereocenters. The molecular weight excluding hydrogens is 738 g/mol. The lowest BCUT2D eigenvalue weighted by molar-refractivity contribution is -0.155. The molecule has 5 heterocycles. The molecule has 0 saturated carbocycles. The van der Waals surface area contributed by atoms with Crippen molar-refractivity contribution in [3.05, 3.63) is 71.3 Å². The normalized spacial score (nSPS) is 27.5. The number of rotatable bonds is 13. The summed E-state index contributed by atoms with van der Waals surface area (Å²) >= 11 is 0. The highest BCUT2D eigenvalue weighted by Crippen LogP contribution is 2.50. The van der Waals surface area contributed by atoms with E-state index in [-0.39, 0.29) is 29.2 Å². The number of nitrogens with two attached hydrogens (primary N) is 2. The molecule has 9 N–H and O–H groups in total. The van der Waals surface area contributed by atoms with Gasteiger partial charge in [-0.1, -0.05) is 30.3 Å². The van der Waals surface area contributed by atoms with Crippen LogP contribution in [0.4, 0.5) is 11.6 Å². The van der Waals surface area contributed by atoms with Crippen molar-refractivity contribution in [3.8, 4) is 0 Å². The molecule has 0 aliphatic carbocycles. The van der Waals surface area contributed by atoms with Gasteiger partial charge < -0.3 is 50.6 Å². The third-order valence-corrected chi connectivity index (χ3v) is 9.40. The van der Waals surface area contributed by atoms with E-state index in [2.05, 4.69) is 24.5 Å². The largest absolute Gasteiger partial charge is 0.472 e. The van der Waals surface area contributed by atoms with Crippen molar-refractivity contribution in [2.24, 2.45) is 0 Å². The number of carbonyl (C=O) groups excluding carboxylic acids is 1. The Kier molecular flexibility index (Phi) is 10.8. The van der Waals surface area contributed by atoms with Crippen molar-refractivity contribution in [3.63, 3.8) is 0 Å². The lowest BCUT2D eigenvalue weighted by Gasteiger charge is -2.25. The number of aliphatic hydroxyl groups is 2. The van der Waals surface area contributed by atoms with Crippen LogP contribution in [0.15, 0.2) is 60.0 Å². The van der Waals surface area contributed by atoms with Crippen molar-refractivity contribution < 1.29 is 66.6 Å². The van der Waals surface area contributed by atoms with E-state index in [0.717, 1.165) is 17.1 Å². The first-order chi connectivity index (χ1) is 24.6. The van der Waals surface area contributed by atoms with Gasteiger partial charge in [0.15, 0.2) is 30.0 Å². The van der Waals surface area contributed by atoms with Crippen LogP contribution in [-0.4, -0.2) is 110 Å². The number of nitrogens with zero attached hydrogens (tertiary/aromatic N) is 6. The Labute approximate surface area is 291 Å². The quantitative estimate of drug-likeness (QED) is 0.0602. The van der Waals surface area contributed by atoms with Gasteiger partial charge in [-0.05, 0) is 11.6 Å². The molecule has 3 aromatic heterocycles. The summed E-state index contributed by atoms with van der Waals surface area (Å²) in [7, 11) is -10.4. The lowest BCUT2D eigenvalue weighted by Crippen LogP contribution is -2.39. The molecule has 1 aromatic carbocycles. The van der Waals surface area contributed by atoms with E-state index in [4.69, 9.17) is 34.7 Å². The maximum absolute atomic E-state index is 13.3. The van der Waals surface area contributed by atoms with Crippen molar-refractivity contribution in [1.29, 1.82) is 0 Å². The molecular formula is C27H32N8O15P2. The highest BCUT2D eigenvalue weighted by molar-refractivity contribution is 7.47. The third kappa shape index (κ3) is 8.36. The Morgan fingerprint density at radius 3 is 2.23 bits per heavy atom. The van der Waals surface area contributed by atoms with Crippen molar-refractivity contribution in [1.82, 2.24) is 29.1 Å². The maximum Gasteiger partial charge on any atom is 0.472 e. The number of imidazole rings is 1. The first kappa shape index (κ1) is 37.5. The molecule has 0 bridgehead atoms. The highest BCUT2D eigenvalue weighted by Gasteiger charge is 2.52. The first-order valence-electron chi connectivity index (χ1n) is 15.1. The van der Waals surface area contributed by atoms with Crippen LogP contribution in [0.2, 0.25) is 0 Å². The highest BCUT2D eigenvalue weighted by atomic mass is 31.2. The predicted octanol–water partition coefficient (Wildman–Crippen LogP) is -1.47. The van der Waals surface area contributed by atoms with E-state index < -0.39 is 89.6 Å². The summed E-state index contributed by atoms with van der Waals surface area (Å²) in [6.45, 7) is -1.85. The van der Waals surface area contributed by atoms with E-state index >= 15 is 0 Å². The van der Waals surface area contributed by atoms with E-state index in [1.807, 2.05) is 0 Å². The number of anilines is 2. The Morgan fingerprint density at radius 1 is 0.885 bits per heavy atom. The van der Waals surface area contributed by atoms with Crippen LogP contribution in [0.3, 0.4) is 0 Å². The Balaban J connectivity index is 1.21. The molecule has 23 nitrogen and oxygen atoms in total. The van der Waals surface area contributed by atoms with Gasteiger partial charge in [0, 0.05) is 6.20 Å². The molecule has 9 atom stereocenters. The Bertz CT molecular complexity index is 2070. The second-order valence-electron chi connectivity index (χ2n) is 11.5. The minimum atomic E-state index is -5.30. The molecule has 280 valence electrons. The summed E-state index contributed by atoms with van der Waals surface area (Å²) in [5.41, 5.74) is 11.3. The minimum Gasteiger partial charge on any atom is -0.456 e. The molecule has 6 rings (SSSR count). The molecule has 0 spiro atoms. The maximum atomic E-state index is 13.3. The standard InChI is InChI=1S/C27H32N8O15P2/c28-16-6-7-34(27(39)33-16)25-20(38)22(15(48-25)9-45-51(40,41)42)50-52(43,44)46-10-14-21(49-17(36)8-13-4-2-1-3-5-13)19(37)26(47-14)35-12-32-18-23(29)30-11-31-24(18)35/h1-7,11-12,14-15,19-22,25-26,37-38H,8-10H2,(H,43,44)(H2,28,33,39)(H2,29,30,31)(H2,40,41,42)/t14-,15+,19+,20+,21+,22+,25+,26+/m0/s1. The van der Waals surface area contributed by atoms with Gasteiger partial charge in [0.1, 0.15) is 48.2 Å². The zero-order chi connectivity index (χ0) is 37.4. The minimum absolute atomic E-state index is 0.0303. The average molecular weight is 771 g/mol. The van der Waals surface area contributed by atoms with Gasteiger partial charge in [0.25, 0.3) is 0 Å². The van der Waals surface area contributed by atoms with E-state index in [9.17, 15) is 43.6 Å². The number of aliphatic hydroxyl groups excluding tert-OH is 2. The molecule has 25 heteroatoms. The lowest BCUT2D eigenvalue weighted by atomic mass is 10.1. The Hall–Kier alpha value is -4.22. The van der Waals surface area contributed by atoms with Crippen LogP contribution in [0.5, 0.6) is 0 Å². The van der Waals surface area contributed by atoms with E-state index in [1.54, 1.807) is 30.3 Å². The number of benzene rings is 1. The average Bonchev–Trinajstić information content (AvgIpc) is 3.73. The van der Waals surface area contributed by atoms with Gasteiger partial charge in [-0.2, -0.15) is 4.98 Å². The predicted molar refractivity (Wildman–Crippen MR) is 171 cm³/mol. The number of phosphoric ester groups is 2. The Morgan fingerprint density at radius 2 is 1.54 bits per heavy atom. The number of hydrogen-bond acceptors (Lipinski definition) is 18. The molecule has 0 amide bonds. The summed E-state index contributed by atoms with van der Waals surface area (Å²) in [6, 6.07) is 9.72. The molecule has 2 saturated heterocycles. The van der Waals surface area contributed by atoms with Crippen LogP contribution < -0.4 is 17.2 Å². The number of aromatic nitrogens is 6. The summed E-state index contributed by atoms with van der Waals surface area (Å²) in [5, 5.41) is 22.4. The second-order valence-corrected chi connectivity index (χ2v) is 14.1. The van der Waals surface area contributed by atoms with E-state index in [1.165, 1.54) is 17.0 Å². The topological polar surface area (TPSA) is 338 Å². The summed E-state index contributed by atoms with van der Waals surface area (Å²) in [6.07, 6.45) is -9.76. The number of esters is 1. The third-order valence-electron chi connectivity index (χ3n) is 7.93. The van der Waals surface area contributed by atoms with Crippen LogP contribution in [0.25, 0.3) is 11.2 Å². The fourth-order valence-electron chi connectivity index (χ4n) is 5.60. The number of carbonyl (C=O) groups is 1. The number of nitrogen functional groups attached to an aromatic ring is 2. The summed E-state index contributed by atoms with van der Waals surface area (Å²) < 4.78 is 58.7. The van der Waals surface area contributed by atoms with Crippen LogP contribution in [0, 0.1) is 0 Å². The van der Waals surface area contributed by atoms with Gasteiger partial charge in [0.05, 0.1) is 26.0 Å². The zero-order valence-corrected chi connectivity index (χ0v) is 28.3. The van der Waals surface area contributed by atoms with Gasteiger partial charge in [-0.25, -0.2) is 28.9 Å². The van der Waals surface area contributed by atoms with E-state index in [0.29, 0.717) is 5.56 Å². The molecule has 2 aliphatic heterocycles. The fraction of sp³-hybridized carbons (Fsp3) is 0.407. The molecule has 2 aliphatic rings. The number of hydrogen-bond donors (Lipinski definition) is 7. The van der Waals surface area contributed by atoms with Crippen LogP contribution in [0.1, 0.15) is 18.0 Å². The molecule has 0 radical (unpaired) electrons. The van der Waals surface area contributed by atoms with Crippen LogP contribution in [-0.2, 0) is 48.1 Å². The molecule has 2 fully saturated rings. The van der Waals surface area contributed by atoms with Gasteiger partial charge >= 0.3 is 27.3 Å². The van der Waals surface area contributed by atoms with Crippen molar-refractivity contribution >= 4 is 44.4 Å². The zero-order valence-electron chi connectivity index (χ0n) is 26.5. The first-order valence-corrected chi connectivity index (χ1v) is 18.2. The van der Waals surface area contributed by atoms with Gasteiger partial charge in [-0.3, -0.25) is 27.5 Å². The smallest absolute Gasteiger partial charge is 0.456 e. The number of phosphoric acid groups is 2. The van der Waals surface area contributed by atoms with Crippen molar-refractivity contribution in [2.75, 3.05) is 24.7 Å². The van der Waals surface area contributed by atoms with Gasteiger partial charge in [0.2, 0.25) is 0 Å². The second kappa shape index (κ2) is 15.0. The SMILES string of the molecule is Nc1ccn([C@@H]2O[C@H](COP(=O)(O)O)[C@@H](OP(=O)(O)OC[C@@H]3O[C@@H](n4cnc5c(N)ncnc54)[C@H](O)[C@@H]3OC(=O)Cc3ccccc3)[C@H]2O)c(=O)n1. The van der Waals surface area contributed by atoms with Crippen LogP contribution >= 0.6 is 15.6 Å². The van der Waals surface area contributed by atoms with Crippen molar-refractivity contribution in [2.45, 2.75) is 55.5 Å². The fourth-order valence-corrected chi connectivity index (χ4v) is 6.90. The number of ether oxygens (including phenoxy) is 3. The number of fused-ring (bicyclic) bond motifs is 1. The van der Waals surface area contributed by atoms with Gasteiger partial charge in [-0.15, -0.1) is 0 Å².